The zero-order chi connectivity index (χ0) is 11.5. The van der Waals surface area contributed by atoms with Gasteiger partial charge in [-0.15, -0.1) is 0 Å². The molecule has 0 aliphatic carbocycles. The molecule has 0 amide bonds. The molecule has 1 heterocycles. The number of anilines is 1. The Morgan fingerprint density at radius 3 is 2.81 bits per heavy atom. The number of hydrogen-bond acceptors (Lipinski definition) is 2. The van der Waals surface area contributed by atoms with Gasteiger partial charge in [0.25, 0.3) is 0 Å². The largest absolute Gasteiger partial charge is 0.383 e. The van der Waals surface area contributed by atoms with Crippen molar-refractivity contribution in [3.63, 3.8) is 0 Å². The Kier molecular flexibility index (Phi) is 3.49. The highest BCUT2D eigenvalue weighted by molar-refractivity contribution is 5.52. The maximum absolute atomic E-state index is 3.57. The van der Waals surface area contributed by atoms with Gasteiger partial charge in [0.1, 0.15) is 0 Å². The van der Waals surface area contributed by atoms with Crippen LogP contribution in [0.25, 0.3) is 0 Å². The number of hydrogen-bond donors (Lipinski definition) is 1. The predicted molar refractivity (Wildman–Crippen MR) is 69.9 cm³/mol. The Hall–Kier alpha value is -1.02. The summed E-state index contributed by atoms with van der Waals surface area (Å²) in [7, 11) is 2.23. The van der Waals surface area contributed by atoms with E-state index in [2.05, 4.69) is 55.4 Å². The zero-order valence-corrected chi connectivity index (χ0v) is 10.5. The molecule has 2 nitrogen and oxygen atoms in total. The SMILES string of the molecule is CC(C)N(C)C1CCc2ccccc2NC1. The first-order valence-electron chi connectivity index (χ1n) is 6.22. The molecule has 88 valence electrons. The Morgan fingerprint density at radius 1 is 1.31 bits per heavy atom. The van der Waals surface area contributed by atoms with Gasteiger partial charge in [-0.1, -0.05) is 18.2 Å². The Morgan fingerprint density at radius 2 is 2.06 bits per heavy atom. The van der Waals surface area contributed by atoms with Gasteiger partial charge >= 0.3 is 0 Å². The van der Waals surface area contributed by atoms with E-state index in [0.29, 0.717) is 12.1 Å². The van der Waals surface area contributed by atoms with Crippen molar-refractivity contribution in [2.24, 2.45) is 0 Å². The minimum Gasteiger partial charge on any atom is -0.383 e. The van der Waals surface area contributed by atoms with E-state index >= 15 is 0 Å². The summed E-state index contributed by atoms with van der Waals surface area (Å²) in [6.45, 7) is 5.59. The summed E-state index contributed by atoms with van der Waals surface area (Å²) < 4.78 is 0. The van der Waals surface area contributed by atoms with Crippen molar-refractivity contribution in [1.29, 1.82) is 0 Å². The van der Waals surface area contributed by atoms with Gasteiger partial charge in [0.15, 0.2) is 0 Å². The molecule has 1 aliphatic heterocycles. The summed E-state index contributed by atoms with van der Waals surface area (Å²) >= 11 is 0. The minimum absolute atomic E-state index is 0.619. The van der Waals surface area contributed by atoms with Gasteiger partial charge in [0, 0.05) is 24.3 Å². The van der Waals surface area contributed by atoms with Crippen LogP contribution in [0.3, 0.4) is 0 Å². The first-order chi connectivity index (χ1) is 7.68. The fraction of sp³-hybridized carbons (Fsp3) is 0.571. The third-order valence-electron chi connectivity index (χ3n) is 3.68. The summed E-state index contributed by atoms with van der Waals surface area (Å²) in [5, 5.41) is 3.57. The van der Waals surface area contributed by atoms with E-state index in [1.165, 1.54) is 24.1 Å². The van der Waals surface area contributed by atoms with Gasteiger partial charge in [0.05, 0.1) is 0 Å². The molecule has 1 aliphatic rings. The molecule has 0 saturated heterocycles. The lowest BCUT2D eigenvalue weighted by molar-refractivity contribution is 0.195. The van der Waals surface area contributed by atoms with Gasteiger partial charge in [-0.05, 0) is 45.4 Å². The van der Waals surface area contributed by atoms with Gasteiger partial charge < -0.3 is 5.32 Å². The van der Waals surface area contributed by atoms with Crippen LogP contribution < -0.4 is 5.32 Å². The summed E-state index contributed by atoms with van der Waals surface area (Å²) in [6.07, 6.45) is 2.43. The normalized spacial score (nSPS) is 20.4. The first-order valence-corrected chi connectivity index (χ1v) is 6.22. The monoisotopic (exact) mass is 218 g/mol. The molecule has 0 bridgehead atoms. The van der Waals surface area contributed by atoms with E-state index in [4.69, 9.17) is 0 Å². The second-order valence-electron chi connectivity index (χ2n) is 4.99. The number of nitrogens with one attached hydrogen (secondary N) is 1. The highest BCUT2D eigenvalue weighted by Crippen LogP contribution is 2.22. The fourth-order valence-corrected chi connectivity index (χ4v) is 2.33. The summed E-state index contributed by atoms with van der Waals surface area (Å²) in [5.41, 5.74) is 2.78. The first kappa shape index (κ1) is 11.5. The molecular formula is C14H22N2. The van der Waals surface area contributed by atoms with Gasteiger partial charge in [-0.3, -0.25) is 4.90 Å². The number of fused-ring (bicyclic) bond motifs is 1. The molecule has 1 aromatic carbocycles. The average molecular weight is 218 g/mol. The smallest absolute Gasteiger partial charge is 0.0373 e. The van der Waals surface area contributed by atoms with Crippen molar-refractivity contribution in [3.8, 4) is 0 Å². The van der Waals surface area contributed by atoms with Crippen LogP contribution in [-0.2, 0) is 6.42 Å². The van der Waals surface area contributed by atoms with Crippen molar-refractivity contribution < 1.29 is 0 Å². The van der Waals surface area contributed by atoms with Crippen LogP contribution in [0.15, 0.2) is 24.3 Å². The number of nitrogens with zero attached hydrogens (tertiary/aromatic N) is 1. The molecular weight excluding hydrogens is 196 g/mol. The molecule has 2 rings (SSSR count). The van der Waals surface area contributed by atoms with Crippen LogP contribution >= 0.6 is 0 Å². The van der Waals surface area contributed by atoms with E-state index in [1.807, 2.05) is 0 Å². The molecule has 0 saturated carbocycles. The number of para-hydroxylation sites is 1. The second kappa shape index (κ2) is 4.88. The number of benzene rings is 1. The van der Waals surface area contributed by atoms with Crippen LogP contribution in [0.1, 0.15) is 25.8 Å². The van der Waals surface area contributed by atoms with Crippen molar-refractivity contribution >= 4 is 5.69 Å². The highest BCUT2D eigenvalue weighted by atomic mass is 15.2. The van der Waals surface area contributed by atoms with Gasteiger partial charge in [-0.25, -0.2) is 0 Å². The molecule has 1 aromatic rings. The van der Waals surface area contributed by atoms with Crippen LogP contribution in [-0.4, -0.2) is 30.6 Å². The van der Waals surface area contributed by atoms with E-state index in [-0.39, 0.29) is 0 Å². The quantitative estimate of drug-likeness (QED) is 0.821. The van der Waals surface area contributed by atoms with E-state index < -0.39 is 0 Å². The van der Waals surface area contributed by atoms with Crippen molar-refractivity contribution in [2.75, 3.05) is 18.9 Å². The zero-order valence-electron chi connectivity index (χ0n) is 10.5. The standard InChI is InChI=1S/C14H22N2/c1-11(2)16(3)13-9-8-12-6-4-5-7-14(12)15-10-13/h4-7,11,13,15H,8-10H2,1-3H3. The summed E-state index contributed by atoms with van der Waals surface area (Å²) in [4.78, 5) is 2.47. The molecule has 2 heteroatoms. The molecule has 1 atom stereocenters. The van der Waals surface area contributed by atoms with Crippen LogP contribution in [0.2, 0.25) is 0 Å². The number of likely N-dealkylation sites (N-methyl/N-ethyl adjacent to an activating group) is 1. The lowest BCUT2D eigenvalue weighted by Gasteiger charge is -2.30. The Balaban J connectivity index is 2.07. The molecule has 1 unspecified atom stereocenters. The highest BCUT2D eigenvalue weighted by Gasteiger charge is 2.20. The molecule has 16 heavy (non-hydrogen) atoms. The summed E-state index contributed by atoms with van der Waals surface area (Å²) in [5.74, 6) is 0. The lowest BCUT2D eigenvalue weighted by Crippen LogP contribution is -2.41. The molecule has 0 spiro atoms. The van der Waals surface area contributed by atoms with E-state index in [1.54, 1.807) is 0 Å². The predicted octanol–water partition coefficient (Wildman–Crippen LogP) is 2.75. The van der Waals surface area contributed by atoms with Crippen molar-refractivity contribution in [3.05, 3.63) is 29.8 Å². The van der Waals surface area contributed by atoms with Crippen LogP contribution in [0.5, 0.6) is 0 Å². The van der Waals surface area contributed by atoms with Crippen LogP contribution in [0.4, 0.5) is 5.69 Å². The Labute approximate surface area is 98.7 Å². The molecule has 1 N–H and O–H groups in total. The second-order valence-corrected chi connectivity index (χ2v) is 4.99. The van der Waals surface area contributed by atoms with E-state index in [9.17, 15) is 0 Å². The van der Waals surface area contributed by atoms with Crippen molar-refractivity contribution in [2.45, 2.75) is 38.8 Å². The average Bonchev–Trinajstić information content (AvgIpc) is 2.50. The van der Waals surface area contributed by atoms with E-state index in [0.717, 1.165) is 6.54 Å². The van der Waals surface area contributed by atoms with Gasteiger partial charge in [-0.2, -0.15) is 0 Å². The number of rotatable bonds is 2. The van der Waals surface area contributed by atoms with Crippen LogP contribution in [0, 0.1) is 0 Å². The third kappa shape index (κ3) is 2.38. The molecule has 0 fully saturated rings. The maximum atomic E-state index is 3.57. The summed E-state index contributed by atoms with van der Waals surface area (Å²) in [6, 6.07) is 9.93. The fourth-order valence-electron chi connectivity index (χ4n) is 2.33. The third-order valence-corrected chi connectivity index (χ3v) is 3.68. The molecule has 0 radical (unpaired) electrons. The van der Waals surface area contributed by atoms with Crippen molar-refractivity contribution in [1.82, 2.24) is 4.90 Å². The topological polar surface area (TPSA) is 15.3 Å². The van der Waals surface area contributed by atoms with Gasteiger partial charge in [0.2, 0.25) is 0 Å². The minimum atomic E-state index is 0.619. The number of aryl methyl sites for hydroxylation is 1. The molecule has 0 aromatic heterocycles. The maximum Gasteiger partial charge on any atom is 0.0373 e. The lowest BCUT2D eigenvalue weighted by atomic mass is 10.0. The Bertz CT molecular complexity index is 319.